The third-order valence-electron chi connectivity index (χ3n) is 3.81. The smallest absolute Gasteiger partial charge is 0.177 e. The summed E-state index contributed by atoms with van der Waals surface area (Å²) in [5.41, 5.74) is 1.96. The number of tetrazole rings is 1. The average Bonchev–Trinajstić information content (AvgIpc) is 3.15. The Morgan fingerprint density at radius 2 is 2.18 bits per heavy atom. The van der Waals surface area contributed by atoms with E-state index in [-0.39, 0.29) is 0 Å². The van der Waals surface area contributed by atoms with E-state index >= 15 is 0 Å². The van der Waals surface area contributed by atoms with Gasteiger partial charge in [-0.3, -0.25) is 4.90 Å². The molecule has 1 aliphatic rings. The van der Waals surface area contributed by atoms with Crippen LogP contribution in [-0.2, 0) is 13.6 Å². The summed E-state index contributed by atoms with van der Waals surface area (Å²) in [4.78, 5) is 2.30. The molecular weight excluding hydrogens is 282 g/mol. The van der Waals surface area contributed by atoms with Gasteiger partial charge in [0.2, 0.25) is 0 Å². The molecule has 0 radical (unpaired) electrons. The third kappa shape index (κ3) is 2.25. The van der Waals surface area contributed by atoms with Gasteiger partial charge in [0.25, 0.3) is 0 Å². The summed E-state index contributed by atoms with van der Waals surface area (Å²) < 4.78 is 3.49. The molecule has 0 saturated heterocycles. The number of hydrogen-bond acceptors (Lipinski definition) is 7. The first-order valence-electron chi connectivity index (χ1n) is 7.11. The van der Waals surface area contributed by atoms with Gasteiger partial charge in [0.15, 0.2) is 17.3 Å². The lowest BCUT2D eigenvalue weighted by molar-refractivity contribution is 0.283. The second-order valence-electron chi connectivity index (χ2n) is 5.25. The molecular formula is C13H15N9. The molecule has 0 aromatic carbocycles. The zero-order valence-electron chi connectivity index (χ0n) is 12.2. The first-order valence-corrected chi connectivity index (χ1v) is 7.11. The van der Waals surface area contributed by atoms with Crippen molar-refractivity contribution in [3.63, 3.8) is 0 Å². The Hall–Kier alpha value is -2.68. The molecule has 0 unspecified atom stereocenters. The van der Waals surface area contributed by atoms with Gasteiger partial charge in [-0.05, 0) is 34.6 Å². The monoisotopic (exact) mass is 297 g/mol. The second kappa shape index (κ2) is 5.26. The first-order chi connectivity index (χ1) is 10.8. The van der Waals surface area contributed by atoms with E-state index in [4.69, 9.17) is 0 Å². The molecule has 0 saturated carbocycles. The van der Waals surface area contributed by atoms with Crippen LogP contribution in [0, 0.1) is 0 Å². The van der Waals surface area contributed by atoms with Crippen molar-refractivity contribution in [2.45, 2.75) is 13.0 Å². The highest BCUT2D eigenvalue weighted by atomic mass is 15.5. The fourth-order valence-electron chi connectivity index (χ4n) is 2.65. The summed E-state index contributed by atoms with van der Waals surface area (Å²) in [6.45, 7) is 2.49. The van der Waals surface area contributed by atoms with Crippen molar-refractivity contribution in [2.75, 3.05) is 13.1 Å². The maximum Gasteiger partial charge on any atom is 0.177 e. The summed E-state index contributed by atoms with van der Waals surface area (Å²) in [7, 11) is 1.86. The minimum atomic E-state index is 0.721. The van der Waals surface area contributed by atoms with Crippen molar-refractivity contribution >= 4 is 11.2 Å². The van der Waals surface area contributed by atoms with Crippen molar-refractivity contribution < 1.29 is 0 Å². The molecule has 3 aromatic heterocycles. The standard InChI is InChI=1S/C13H15N9/c1-20-13(17-18-19-20)10-4-7-21(8-5-10)9-12-16-15-11-3-2-6-14-22(11)12/h2-4,6H,5,7-9H2,1H3. The molecule has 4 heterocycles. The number of nitrogens with zero attached hydrogens (tertiary/aromatic N) is 9. The Balaban J connectivity index is 1.50. The van der Waals surface area contributed by atoms with Crippen molar-refractivity contribution in [1.82, 2.24) is 44.9 Å². The lowest BCUT2D eigenvalue weighted by Crippen LogP contribution is -2.29. The lowest BCUT2D eigenvalue weighted by Gasteiger charge is -2.24. The quantitative estimate of drug-likeness (QED) is 0.668. The molecule has 4 rings (SSSR count). The van der Waals surface area contributed by atoms with Crippen LogP contribution < -0.4 is 0 Å². The lowest BCUT2D eigenvalue weighted by atomic mass is 10.1. The largest absolute Gasteiger partial charge is 0.292 e. The SMILES string of the molecule is Cn1nnnc1C1=CCN(Cc2nnc3cccnn23)CC1. The first kappa shape index (κ1) is 13.0. The Kier molecular flexibility index (Phi) is 3.11. The van der Waals surface area contributed by atoms with Gasteiger partial charge in [0.05, 0.1) is 6.54 Å². The summed E-state index contributed by atoms with van der Waals surface area (Å²) in [5.74, 6) is 1.70. The summed E-state index contributed by atoms with van der Waals surface area (Å²) in [5, 5.41) is 24.3. The zero-order chi connectivity index (χ0) is 14.9. The van der Waals surface area contributed by atoms with E-state index in [2.05, 4.69) is 41.8 Å². The molecule has 0 fully saturated rings. The van der Waals surface area contributed by atoms with Crippen LogP contribution in [0.25, 0.3) is 11.2 Å². The van der Waals surface area contributed by atoms with Crippen LogP contribution in [0.2, 0.25) is 0 Å². The summed E-state index contributed by atoms with van der Waals surface area (Å²) in [6, 6.07) is 3.76. The molecule has 9 heteroatoms. The predicted octanol–water partition coefficient (Wildman–Crippen LogP) is -0.0629. The Morgan fingerprint density at radius 3 is 2.95 bits per heavy atom. The minimum Gasteiger partial charge on any atom is -0.292 e. The minimum absolute atomic E-state index is 0.721. The fraction of sp³-hybridized carbons (Fsp3) is 0.385. The van der Waals surface area contributed by atoms with E-state index in [9.17, 15) is 0 Å². The van der Waals surface area contributed by atoms with Crippen LogP contribution >= 0.6 is 0 Å². The molecule has 0 atom stereocenters. The molecule has 112 valence electrons. The topological polar surface area (TPSA) is 89.9 Å². The number of hydrogen-bond donors (Lipinski definition) is 0. The molecule has 0 spiro atoms. The van der Waals surface area contributed by atoms with E-state index in [1.807, 2.05) is 19.2 Å². The van der Waals surface area contributed by atoms with Crippen LogP contribution in [0.15, 0.2) is 24.4 Å². The van der Waals surface area contributed by atoms with Crippen molar-refractivity contribution in [2.24, 2.45) is 7.05 Å². The average molecular weight is 297 g/mol. The van der Waals surface area contributed by atoms with Gasteiger partial charge in [-0.2, -0.15) is 9.61 Å². The van der Waals surface area contributed by atoms with Gasteiger partial charge in [-0.1, -0.05) is 6.08 Å². The maximum atomic E-state index is 4.29. The molecule has 1 aliphatic heterocycles. The summed E-state index contributed by atoms with van der Waals surface area (Å²) in [6.07, 6.45) is 4.83. The maximum absolute atomic E-state index is 4.29. The highest BCUT2D eigenvalue weighted by Gasteiger charge is 2.18. The van der Waals surface area contributed by atoms with Gasteiger partial charge in [0, 0.05) is 26.3 Å². The fourth-order valence-corrected chi connectivity index (χ4v) is 2.65. The van der Waals surface area contributed by atoms with E-state index in [1.165, 1.54) is 5.57 Å². The van der Waals surface area contributed by atoms with Gasteiger partial charge in [-0.25, -0.2) is 4.68 Å². The molecule has 22 heavy (non-hydrogen) atoms. The van der Waals surface area contributed by atoms with E-state index in [0.29, 0.717) is 0 Å². The third-order valence-corrected chi connectivity index (χ3v) is 3.81. The Labute approximate surface area is 126 Å². The van der Waals surface area contributed by atoms with Crippen LogP contribution in [0.4, 0.5) is 0 Å². The Bertz CT molecular complexity index is 831. The number of aryl methyl sites for hydroxylation is 1. The molecule has 0 N–H and O–H groups in total. The van der Waals surface area contributed by atoms with Crippen molar-refractivity contribution in [1.29, 1.82) is 0 Å². The van der Waals surface area contributed by atoms with Crippen LogP contribution in [-0.4, -0.2) is 58.0 Å². The van der Waals surface area contributed by atoms with Crippen LogP contribution in [0.5, 0.6) is 0 Å². The van der Waals surface area contributed by atoms with Crippen molar-refractivity contribution in [3.8, 4) is 0 Å². The van der Waals surface area contributed by atoms with Gasteiger partial charge in [0.1, 0.15) is 0 Å². The molecule has 0 bridgehead atoms. The summed E-state index contributed by atoms with van der Waals surface area (Å²) >= 11 is 0. The number of aromatic nitrogens is 8. The molecule has 0 aliphatic carbocycles. The molecule has 0 amide bonds. The number of fused-ring (bicyclic) bond motifs is 1. The van der Waals surface area contributed by atoms with E-state index < -0.39 is 0 Å². The number of rotatable bonds is 3. The molecule has 9 nitrogen and oxygen atoms in total. The Morgan fingerprint density at radius 1 is 1.23 bits per heavy atom. The van der Waals surface area contributed by atoms with Gasteiger partial charge < -0.3 is 0 Å². The highest BCUT2D eigenvalue weighted by molar-refractivity contribution is 5.60. The normalized spacial score (nSPS) is 16.1. The predicted molar refractivity (Wildman–Crippen MR) is 77.5 cm³/mol. The highest BCUT2D eigenvalue weighted by Crippen LogP contribution is 2.20. The van der Waals surface area contributed by atoms with Gasteiger partial charge in [-0.15, -0.1) is 15.3 Å². The van der Waals surface area contributed by atoms with Crippen LogP contribution in [0.1, 0.15) is 18.1 Å². The van der Waals surface area contributed by atoms with Crippen LogP contribution in [0.3, 0.4) is 0 Å². The second-order valence-corrected chi connectivity index (χ2v) is 5.25. The van der Waals surface area contributed by atoms with E-state index in [0.717, 1.165) is 43.4 Å². The van der Waals surface area contributed by atoms with E-state index in [1.54, 1.807) is 15.4 Å². The molecule has 3 aromatic rings. The van der Waals surface area contributed by atoms with Crippen molar-refractivity contribution in [3.05, 3.63) is 36.1 Å². The van der Waals surface area contributed by atoms with Gasteiger partial charge >= 0.3 is 0 Å². The zero-order valence-corrected chi connectivity index (χ0v) is 12.2.